The molecule has 0 bridgehead atoms. The first-order valence-electron chi connectivity index (χ1n) is 9.44. The van der Waals surface area contributed by atoms with E-state index in [0.29, 0.717) is 17.9 Å². The molecule has 0 atom stereocenters. The number of rotatable bonds is 7. The van der Waals surface area contributed by atoms with E-state index >= 15 is 0 Å². The standard InChI is InChI=1S/C22H20F3N3O4/c1-31-18-9-3-14(4-10-18)12-28-13-15(11-19(29)32-2)20(27-28)21(30)26-17-7-5-16(6-8-17)22(23,24)25/h3-10,13H,11-12H2,1-2H3,(H,26,30). The number of halogens is 3. The van der Waals surface area contributed by atoms with Gasteiger partial charge >= 0.3 is 12.1 Å². The average Bonchev–Trinajstić information content (AvgIpc) is 3.16. The van der Waals surface area contributed by atoms with Crippen molar-refractivity contribution in [2.75, 3.05) is 19.5 Å². The molecule has 3 aromatic rings. The summed E-state index contributed by atoms with van der Waals surface area (Å²) >= 11 is 0. The molecule has 1 amide bonds. The number of methoxy groups -OCH3 is 2. The largest absolute Gasteiger partial charge is 0.497 e. The summed E-state index contributed by atoms with van der Waals surface area (Å²) in [5, 5.41) is 6.78. The van der Waals surface area contributed by atoms with Crippen LogP contribution in [0.15, 0.2) is 54.7 Å². The van der Waals surface area contributed by atoms with Crippen molar-refractivity contribution in [2.24, 2.45) is 0 Å². The van der Waals surface area contributed by atoms with Crippen molar-refractivity contribution < 1.29 is 32.2 Å². The van der Waals surface area contributed by atoms with Gasteiger partial charge in [0.05, 0.1) is 32.7 Å². The minimum absolute atomic E-state index is 0.0243. The van der Waals surface area contributed by atoms with Gasteiger partial charge in [0.2, 0.25) is 0 Å². The highest BCUT2D eigenvalue weighted by molar-refractivity contribution is 6.04. The predicted molar refractivity (Wildman–Crippen MR) is 109 cm³/mol. The molecular weight excluding hydrogens is 427 g/mol. The van der Waals surface area contributed by atoms with E-state index in [-0.39, 0.29) is 17.8 Å². The number of hydrogen-bond donors (Lipinski definition) is 1. The maximum atomic E-state index is 12.8. The first kappa shape index (κ1) is 22.9. The van der Waals surface area contributed by atoms with Crippen LogP contribution in [0.4, 0.5) is 18.9 Å². The van der Waals surface area contributed by atoms with E-state index in [0.717, 1.165) is 29.8 Å². The third kappa shape index (κ3) is 5.65. The summed E-state index contributed by atoms with van der Waals surface area (Å²) in [6.45, 7) is 0.325. The Bertz CT molecular complexity index is 1090. The number of carbonyl (C=O) groups is 2. The number of carbonyl (C=O) groups excluding carboxylic acids is 2. The third-order valence-electron chi connectivity index (χ3n) is 4.59. The zero-order valence-corrected chi connectivity index (χ0v) is 17.3. The Morgan fingerprint density at radius 3 is 2.25 bits per heavy atom. The molecule has 1 aromatic heterocycles. The number of esters is 1. The van der Waals surface area contributed by atoms with E-state index in [9.17, 15) is 22.8 Å². The summed E-state index contributed by atoms with van der Waals surface area (Å²) in [6, 6.07) is 11.3. The minimum atomic E-state index is -4.48. The molecule has 0 spiro atoms. The van der Waals surface area contributed by atoms with Crippen molar-refractivity contribution in [3.05, 3.63) is 77.1 Å². The van der Waals surface area contributed by atoms with Gasteiger partial charge in [-0.2, -0.15) is 18.3 Å². The van der Waals surface area contributed by atoms with Crippen LogP contribution < -0.4 is 10.1 Å². The summed E-state index contributed by atoms with van der Waals surface area (Å²) in [4.78, 5) is 24.5. The lowest BCUT2D eigenvalue weighted by Crippen LogP contribution is -2.17. The third-order valence-corrected chi connectivity index (χ3v) is 4.59. The summed E-state index contributed by atoms with van der Waals surface area (Å²) in [7, 11) is 2.79. The topological polar surface area (TPSA) is 82.5 Å². The Morgan fingerprint density at radius 1 is 1.03 bits per heavy atom. The molecule has 0 aliphatic rings. The molecule has 0 radical (unpaired) electrons. The van der Waals surface area contributed by atoms with Gasteiger partial charge in [-0.05, 0) is 42.0 Å². The minimum Gasteiger partial charge on any atom is -0.497 e. The molecule has 7 nitrogen and oxygen atoms in total. The monoisotopic (exact) mass is 447 g/mol. The van der Waals surface area contributed by atoms with E-state index in [1.807, 2.05) is 12.1 Å². The second kappa shape index (κ2) is 9.54. The summed E-state index contributed by atoms with van der Waals surface area (Å²) in [6.07, 6.45) is -3.10. The van der Waals surface area contributed by atoms with Crippen LogP contribution in [0.2, 0.25) is 0 Å². The van der Waals surface area contributed by atoms with Gasteiger partial charge in [-0.3, -0.25) is 14.3 Å². The lowest BCUT2D eigenvalue weighted by molar-refractivity contribution is -0.140. The highest BCUT2D eigenvalue weighted by Gasteiger charge is 2.30. The van der Waals surface area contributed by atoms with Crippen molar-refractivity contribution in [3.8, 4) is 5.75 Å². The van der Waals surface area contributed by atoms with Gasteiger partial charge in [-0.15, -0.1) is 0 Å². The quantitative estimate of drug-likeness (QED) is 0.555. The fourth-order valence-corrected chi connectivity index (χ4v) is 2.94. The van der Waals surface area contributed by atoms with Gasteiger partial charge in [-0.25, -0.2) is 0 Å². The lowest BCUT2D eigenvalue weighted by Gasteiger charge is -2.08. The molecule has 1 heterocycles. The molecule has 1 N–H and O–H groups in total. The maximum Gasteiger partial charge on any atom is 0.416 e. The van der Waals surface area contributed by atoms with Gasteiger partial charge in [0.1, 0.15) is 5.75 Å². The van der Waals surface area contributed by atoms with Crippen molar-refractivity contribution >= 4 is 17.6 Å². The van der Waals surface area contributed by atoms with Gasteiger partial charge in [0.15, 0.2) is 5.69 Å². The van der Waals surface area contributed by atoms with Crippen molar-refractivity contribution in [1.29, 1.82) is 0 Å². The molecular formula is C22H20F3N3O4. The Balaban J connectivity index is 1.82. The van der Waals surface area contributed by atoms with Crippen LogP contribution in [0.3, 0.4) is 0 Å². The highest BCUT2D eigenvalue weighted by atomic mass is 19.4. The Labute approximate surface area is 181 Å². The van der Waals surface area contributed by atoms with E-state index < -0.39 is 23.6 Å². The Morgan fingerprint density at radius 2 is 1.69 bits per heavy atom. The molecule has 0 aliphatic heterocycles. The molecule has 0 fully saturated rings. The number of ether oxygens (including phenoxy) is 2. The molecule has 0 saturated heterocycles. The number of benzene rings is 2. The SMILES string of the molecule is COC(=O)Cc1cn(Cc2ccc(OC)cc2)nc1C(=O)Nc1ccc(C(F)(F)F)cc1. The molecule has 168 valence electrons. The molecule has 3 rings (SSSR count). The van der Waals surface area contributed by atoms with Crippen molar-refractivity contribution in [2.45, 2.75) is 19.1 Å². The average molecular weight is 447 g/mol. The Kier molecular flexibility index (Phi) is 6.82. The fraction of sp³-hybridized carbons (Fsp3) is 0.227. The number of anilines is 1. The zero-order chi connectivity index (χ0) is 23.3. The van der Waals surface area contributed by atoms with Gasteiger partial charge < -0.3 is 14.8 Å². The summed E-state index contributed by atoms with van der Waals surface area (Å²) < 4.78 is 49.5. The molecule has 2 aromatic carbocycles. The first-order chi connectivity index (χ1) is 15.2. The lowest BCUT2D eigenvalue weighted by atomic mass is 10.1. The molecule has 0 unspecified atom stereocenters. The second-order valence-electron chi connectivity index (χ2n) is 6.83. The number of nitrogens with one attached hydrogen (secondary N) is 1. The van der Waals surface area contributed by atoms with Crippen LogP contribution in [0.5, 0.6) is 5.75 Å². The van der Waals surface area contributed by atoms with Gasteiger partial charge in [0, 0.05) is 17.4 Å². The first-order valence-corrected chi connectivity index (χ1v) is 9.44. The molecule has 32 heavy (non-hydrogen) atoms. The zero-order valence-electron chi connectivity index (χ0n) is 17.3. The van der Waals surface area contributed by atoms with Crippen LogP contribution in [-0.4, -0.2) is 35.9 Å². The van der Waals surface area contributed by atoms with Crippen molar-refractivity contribution in [3.63, 3.8) is 0 Å². The van der Waals surface area contributed by atoms with Crippen LogP contribution in [0.25, 0.3) is 0 Å². The highest BCUT2D eigenvalue weighted by Crippen LogP contribution is 2.30. The summed E-state index contributed by atoms with van der Waals surface area (Å²) in [5.74, 6) is -0.521. The maximum absolute atomic E-state index is 12.8. The van der Waals surface area contributed by atoms with E-state index in [1.165, 1.54) is 11.8 Å². The normalized spacial score (nSPS) is 11.2. The van der Waals surface area contributed by atoms with Gasteiger partial charge in [-0.1, -0.05) is 12.1 Å². The molecule has 0 saturated carbocycles. The number of alkyl halides is 3. The second-order valence-corrected chi connectivity index (χ2v) is 6.83. The van der Waals surface area contributed by atoms with Crippen LogP contribution in [0, 0.1) is 0 Å². The fourth-order valence-electron chi connectivity index (χ4n) is 2.94. The Hall–Kier alpha value is -3.82. The smallest absolute Gasteiger partial charge is 0.416 e. The molecule has 0 aliphatic carbocycles. The van der Waals surface area contributed by atoms with Crippen LogP contribution in [-0.2, 0) is 28.7 Å². The van der Waals surface area contributed by atoms with E-state index in [1.54, 1.807) is 25.4 Å². The van der Waals surface area contributed by atoms with Gasteiger partial charge in [0.25, 0.3) is 5.91 Å². The van der Waals surface area contributed by atoms with E-state index in [2.05, 4.69) is 15.2 Å². The number of nitrogens with zero attached hydrogens (tertiary/aromatic N) is 2. The van der Waals surface area contributed by atoms with Crippen LogP contribution in [0.1, 0.15) is 27.2 Å². The van der Waals surface area contributed by atoms with Crippen molar-refractivity contribution in [1.82, 2.24) is 9.78 Å². The number of hydrogen-bond acceptors (Lipinski definition) is 5. The van der Waals surface area contributed by atoms with Crippen LogP contribution >= 0.6 is 0 Å². The number of aromatic nitrogens is 2. The molecule has 10 heteroatoms. The number of amides is 1. The predicted octanol–water partition coefficient (Wildman–Crippen LogP) is 3.93. The van der Waals surface area contributed by atoms with E-state index in [4.69, 9.17) is 4.74 Å². The summed E-state index contributed by atoms with van der Waals surface area (Å²) in [5.41, 5.74) is 0.522.